The van der Waals surface area contributed by atoms with Gasteiger partial charge in [0.2, 0.25) is 5.91 Å². The number of aryl methyl sites for hydroxylation is 1. The molecule has 0 bridgehead atoms. The fraction of sp³-hybridized carbons (Fsp3) is 0.400. The topological polar surface area (TPSA) is 71.8 Å². The third kappa shape index (κ3) is 4.13. The molecule has 1 aromatic heterocycles. The molecule has 0 aliphatic rings. The van der Waals surface area contributed by atoms with Crippen LogP contribution in [0.25, 0.3) is 11.4 Å². The van der Waals surface area contributed by atoms with Gasteiger partial charge in [0.15, 0.2) is 5.82 Å². The zero-order valence-electron chi connectivity index (χ0n) is 12.6. The molecule has 1 aromatic carbocycles. The molecule has 2 N–H and O–H groups in total. The van der Waals surface area contributed by atoms with E-state index in [9.17, 15) is 4.79 Å². The average Bonchev–Trinajstić information content (AvgIpc) is 2.91. The van der Waals surface area contributed by atoms with Gasteiger partial charge < -0.3 is 15.2 Å². The van der Waals surface area contributed by atoms with Gasteiger partial charge in [0, 0.05) is 24.3 Å². The highest BCUT2D eigenvalue weighted by Gasteiger charge is 2.08. The van der Waals surface area contributed by atoms with Gasteiger partial charge in [0.05, 0.1) is 6.54 Å². The first-order chi connectivity index (χ1) is 10.1. The minimum atomic E-state index is -0.0505. The van der Waals surface area contributed by atoms with E-state index in [0.29, 0.717) is 12.6 Å². The lowest BCUT2D eigenvalue weighted by Gasteiger charge is -2.11. The van der Waals surface area contributed by atoms with Crippen LogP contribution in [-0.2, 0) is 11.8 Å². The molecule has 2 rings (SSSR count). The molecule has 21 heavy (non-hydrogen) atoms. The Morgan fingerprint density at radius 3 is 2.90 bits per heavy atom. The molecule has 0 aliphatic heterocycles. The standard InChI is InChI=1S/C15H21N5O/c1-4-11(2)16-9-14(21)18-13-7-5-6-12(8-13)15-19-17-10-20(15)3/h5-8,10-11,16H,4,9H2,1-3H3,(H,18,21). The first-order valence-electron chi connectivity index (χ1n) is 7.07. The maximum Gasteiger partial charge on any atom is 0.238 e. The van der Waals surface area contributed by atoms with Gasteiger partial charge in [0.1, 0.15) is 6.33 Å². The third-order valence-electron chi connectivity index (χ3n) is 3.34. The second kappa shape index (κ2) is 6.99. The van der Waals surface area contributed by atoms with Crippen molar-refractivity contribution in [3.8, 4) is 11.4 Å². The van der Waals surface area contributed by atoms with Crippen molar-refractivity contribution in [2.75, 3.05) is 11.9 Å². The highest BCUT2D eigenvalue weighted by Crippen LogP contribution is 2.19. The number of hydrogen-bond donors (Lipinski definition) is 2. The second-order valence-electron chi connectivity index (χ2n) is 5.08. The van der Waals surface area contributed by atoms with E-state index in [1.54, 1.807) is 6.33 Å². The van der Waals surface area contributed by atoms with Crippen molar-refractivity contribution in [3.63, 3.8) is 0 Å². The molecule has 0 fully saturated rings. The minimum Gasteiger partial charge on any atom is -0.325 e. The van der Waals surface area contributed by atoms with Crippen LogP contribution in [0.3, 0.4) is 0 Å². The molecule has 0 saturated carbocycles. The molecule has 1 atom stereocenters. The van der Waals surface area contributed by atoms with Crippen molar-refractivity contribution in [1.82, 2.24) is 20.1 Å². The van der Waals surface area contributed by atoms with E-state index in [2.05, 4.69) is 34.7 Å². The number of carbonyl (C=O) groups excluding carboxylic acids is 1. The van der Waals surface area contributed by atoms with Crippen molar-refractivity contribution >= 4 is 11.6 Å². The Kier molecular flexibility index (Phi) is 5.05. The Bertz CT molecular complexity index is 608. The molecule has 6 heteroatoms. The van der Waals surface area contributed by atoms with E-state index < -0.39 is 0 Å². The monoisotopic (exact) mass is 287 g/mol. The lowest BCUT2D eigenvalue weighted by molar-refractivity contribution is -0.115. The largest absolute Gasteiger partial charge is 0.325 e. The number of carbonyl (C=O) groups is 1. The molecule has 6 nitrogen and oxygen atoms in total. The maximum atomic E-state index is 11.9. The van der Waals surface area contributed by atoms with Gasteiger partial charge in [-0.15, -0.1) is 10.2 Å². The number of aromatic nitrogens is 3. The zero-order chi connectivity index (χ0) is 15.2. The average molecular weight is 287 g/mol. The summed E-state index contributed by atoms with van der Waals surface area (Å²) < 4.78 is 1.84. The van der Waals surface area contributed by atoms with Gasteiger partial charge in [0.25, 0.3) is 0 Å². The van der Waals surface area contributed by atoms with Crippen molar-refractivity contribution in [2.24, 2.45) is 7.05 Å². The van der Waals surface area contributed by atoms with Gasteiger partial charge in [-0.1, -0.05) is 19.1 Å². The number of hydrogen-bond acceptors (Lipinski definition) is 4. The number of anilines is 1. The Morgan fingerprint density at radius 1 is 1.43 bits per heavy atom. The second-order valence-corrected chi connectivity index (χ2v) is 5.08. The van der Waals surface area contributed by atoms with E-state index in [4.69, 9.17) is 0 Å². The number of nitrogens with one attached hydrogen (secondary N) is 2. The summed E-state index contributed by atoms with van der Waals surface area (Å²) in [4.78, 5) is 11.9. The summed E-state index contributed by atoms with van der Waals surface area (Å²) >= 11 is 0. The van der Waals surface area contributed by atoms with Crippen LogP contribution in [0, 0.1) is 0 Å². The summed E-state index contributed by atoms with van der Waals surface area (Å²) in [5, 5.41) is 14.0. The minimum absolute atomic E-state index is 0.0505. The van der Waals surface area contributed by atoms with Crippen molar-refractivity contribution in [3.05, 3.63) is 30.6 Å². The SMILES string of the molecule is CCC(C)NCC(=O)Nc1cccc(-c2nncn2C)c1. The summed E-state index contributed by atoms with van der Waals surface area (Å²) in [5.41, 5.74) is 1.68. The first-order valence-corrected chi connectivity index (χ1v) is 7.07. The number of benzene rings is 1. The predicted molar refractivity (Wildman–Crippen MR) is 82.8 cm³/mol. The molecular formula is C15H21N5O. The summed E-state index contributed by atoms with van der Waals surface area (Å²) in [6.45, 7) is 4.45. The molecule has 112 valence electrons. The molecule has 0 saturated heterocycles. The lowest BCUT2D eigenvalue weighted by Crippen LogP contribution is -2.33. The fourth-order valence-corrected chi connectivity index (χ4v) is 1.90. The van der Waals surface area contributed by atoms with E-state index >= 15 is 0 Å². The molecule has 1 heterocycles. The Morgan fingerprint density at radius 2 is 2.24 bits per heavy atom. The summed E-state index contributed by atoms with van der Waals surface area (Å²) in [7, 11) is 1.89. The quantitative estimate of drug-likeness (QED) is 0.850. The molecule has 2 aromatic rings. The fourth-order valence-electron chi connectivity index (χ4n) is 1.90. The van der Waals surface area contributed by atoms with Gasteiger partial charge in [-0.2, -0.15) is 0 Å². The molecule has 1 unspecified atom stereocenters. The smallest absolute Gasteiger partial charge is 0.238 e. The van der Waals surface area contributed by atoms with Crippen LogP contribution < -0.4 is 10.6 Å². The number of amides is 1. The van der Waals surface area contributed by atoms with Gasteiger partial charge in [-0.05, 0) is 25.5 Å². The van der Waals surface area contributed by atoms with Crippen LogP contribution in [0.1, 0.15) is 20.3 Å². The van der Waals surface area contributed by atoms with Gasteiger partial charge in [-0.3, -0.25) is 4.79 Å². The van der Waals surface area contributed by atoms with Gasteiger partial charge >= 0.3 is 0 Å². The van der Waals surface area contributed by atoms with E-state index in [1.807, 2.05) is 35.9 Å². The van der Waals surface area contributed by atoms with Crippen LogP contribution in [0.4, 0.5) is 5.69 Å². The van der Waals surface area contributed by atoms with Crippen LogP contribution in [-0.4, -0.2) is 33.3 Å². The predicted octanol–water partition coefficient (Wildman–Crippen LogP) is 1.81. The Labute approximate surface area is 124 Å². The highest BCUT2D eigenvalue weighted by molar-refractivity contribution is 5.92. The van der Waals surface area contributed by atoms with E-state index in [-0.39, 0.29) is 5.91 Å². The molecule has 0 spiro atoms. The normalized spacial score (nSPS) is 12.1. The highest BCUT2D eigenvalue weighted by atomic mass is 16.1. The molecule has 1 amide bonds. The van der Waals surface area contributed by atoms with Gasteiger partial charge in [-0.25, -0.2) is 0 Å². The van der Waals surface area contributed by atoms with Crippen molar-refractivity contribution < 1.29 is 4.79 Å². The number of rotatable bonds is 6. The lowest BCUT2D eigenvalue weighted by atomic mass is 10.2. The summed E-state index contributed by atoms with van der Waals surface area (Å²) in [6.07, 6.45) is 2.64. The maximum absolute atomic E-state index is 11.9. The molecule has 0 radical (unpaired) electrons. The first kappa shape index (κ1) is 15.2. The van der Waals surface area contributed by atoms with Crippen LogP contribution in [0.15, 0.2) is 30.6 Å². The summed E-state index contributed by atoms with van der Waals surface area (Å²) in [5.74, 6) is 0.717. The van der Waals surface area contributed by atoms with Crippen LogP contribution in [0.2, 0.25) is 0 Å². The van der Waals surface area contributed by atoms with E-state index in [1.165, 1.54) is 0 Å². The third-order valence-corrected chi connectivity index (χ3v) is 3.34. The Balaban J connectivity index is 2.02. The molecule has 0 aliphatic carbocycles. The van der Waals surface area contributed by atoms with Crippen LogP contribution >= 0.6 is 0 Å². The van der Waals surface area contributed by atoms with Crippen LogP contribution in [0.5, 0.6) is 0 Å². The Hall–Kier alpha value is -2.21. The van der Waals surface area contributed by atoms with E-state index in [0.717, 1.165) is 23.5 Å². The summed E-state index contributed by atoms with van der Waals surface area (Å²) in [6, 6.07) is 7.92. The number of nitrogens with zero attached hydrogens (tertiary/aromatic N) is 3. The zero-order valence-corrected chi connectivity index (χ0v) is 12.6. The van der Waals surface area contributed by atoms with Crippen molar-refractivity contribution in [2.45, 2.75) is 26.3 Å². The molecular weight excluding hydrogens is 266 g/mol. The van der Waals surface area contributed by atoms with Crippen molar-refractivity contribution in [1.29, 1.82) is 0 Å².